The second kappa shape index (κ2) is 6.81. The first-order valence-corrected chi connectivity index (χ1v) is 7.60. The Morgan fingerprint density at radius 1 is 1.32 bits per heavy atom. The molecule has 0 aliphatic heterocycles. The summed E-state index contributed by atoms with van der Waals surface area (Å²) in [6.07, 6.45) is 2.17. The van der Waals surface area contributed by atoms with Crippen LogP contribution in [-0.4, -0.2) is 42.1 Å². The van der Waals surface area contributed by atoms with Crippen LogP contribution in [0.25, 0.3) is 0 Å². The lowest BCUT2D eigenvalue weighted by Crippen LogP contribution is -2.43. The largest absolute Gasteiger partial charge is 0.491 e. The molecule has 0 radical (unpaired) electrons. The fourth-order valence-electron chi connectivity index (χ4n) is 2.63. The van der Waals surface area contributed by atoms with Crippen molar-refractivity contribution in [3.8, 4) is 5.75 Å². The number of rotatable bonds is 7. The Morgan fingerprint density at radius 2 is 2.00 bits per heavy atom. The van der Waals surface area contributed by atoms with Crippen LogP contribution in [0.2, 0.25) is 0 Å². The van der Waals surface area contributed by atoms with Crippen molar-refractivity contribution in [3.63, 3.8) is 0 Å². The van der Waals surface area contributed by atoms with Crippen molar-refractivity contribution in [2.24, 2.45) is 5.41 Å². The van der Waals surface area contributed by atoms with E-state index >= 15 is 0 Å². The lowest BCUT2D eigenvalue weighted by molar-refractivity contribution is -0.159. The van der Waals surface area contributed by atoms with Crippen molar-refractivity contribution in [2.75, 3.05) is 20.2 Å². The van der Waals surface area contributed by atoms with Gasteiger partial charge in [0.25, 0.3) is 0 Å². The Kier molecular flexibility index (Phi) is 5.06. The van der Waals surface area contributed by atoms with E-state index in [4.69, 9.17) is 4.74 Å². The third kappa shape index (κ3) is 3.59. The third-order valence-corrected chi connectivity index (χ3v) is 4.46. The van der Waals surface area contributed by atoms with Crippen LogP contribution in [0.1, 0.15) is 31.2 Å². The fraction of sp³-hybridized carbons (Fsp3) is 0.529. The first-order valence-electron chi connectivity index (χ1n) is 7.60. The predicted molar refractivity (Wildman–Crippen MR) is 82.8 cm³/mol. The molecule has 0 heterocycles. The van der Waals surface area contributed by atoms with E-state index in [1.54, 1.807) is 11.9 Å². The number of carboxylic acids is 1. The highest BCUT2D eigenvalue weighted by atomic mass is 16.5. The second-order valence-corrected chi connectivity index (χ2v) is 6.05. The molecule has 1 N–H and O–H groups in total. The van der Waals surface area contributed by atoms with Crippen LogP contribution in [-0.2, 0) is 9.59 Å². The molecular weight excluding hydrogens is 282 g/mol. The maximum absolute atomic E-state index is 12.2. The molecule has 1 amide bonds. The van der Waals surface area contributed by atoms with Crippen LogP contribution < -0.4 is 4.74 Å². The zero-order chi connectivity index (χ0) is 16.2. The summed E-state index contributed by atoms with van der Waals surface area (Å²) in [4.78, 5) is 25.0. The molecule has 1 aliphatic carbocycles. The molecule has 2 rings (SSSR count). The molecule has 0 unspecified atom stereocenters. The Bertz CT molecular complexity index is 551. The van der Waals surface area contributed by atoms with Crippen LogP contribution in [0, 0.1) is 12.3 Å². The van der Waals surface area contributed by atoms with Gasteiger partial charge in [0, 0.05) is 13.5 Å². The fourth-order valence-corrected chi connectivity index (χ4v) is 2.63. The van der Waals surface area contributed by atoms with Gasteiger partial charge < -0.3 is 14.7 Å². The van der Waals surface area contributed by atoms with Crippen molar-refractivity contribution >= 4 is 11.9 Å². The summed E-state index contributed by atoms with van der Waals surface area (Å²) in [5.74, 6) is -0.170. The monoisotopic (exact) mass is 305 g/mol. The Labute approximate surface area is 130 Å². The minimum Gasteiger partial charge on any atom is -0.491 e. The zero-order valence-corrected chi connectivity index (χ0v) is 13.2. The molecule has 1 fully saturated rings. The van der Waals surface area contributed by atoms with Gasteiger partial charge >= 0.3 is 5.97 Å². The van der Waals surface area contributed by atoms with E-state index in [1.165, 1.54) is 0 Å². The highest BCUT2D eigenvalue weighted by Gasteiger charge is 2.46. The minimum absolute atomic E-state index is 0.0865. The number of hydrogen-bond donors (Lipinski definition) is 1. The normalized spacial score (nSPS) is 15.7. The van der Waals surface area contributed by atoms with E-state index < -0.39 is 11.4 Å². The third-order valence-electron chi connectivity index (χ3n) is 4.46. The van der Waals surface area contributed by atoms with Gasteiger partial charge in [-0.25, -0.2) is 0 Å². The van der Waals surface area contributed by atoms with Crippen molar-refractivity contribution in [1.29, 1.82) is 0 Å². The Balaban J connectivity index is 1.79. The van der Waals surface area contributed by atoms with Crippen molar-refractivity contribution in [1.82, 2.24) is 4.90 Å². The second-order valence-electron chi connectivity index (χ2n) is 6.05. The molecule has 120 valence electrons. The number of carbonyl (C=O) groups is 2. The number of nitrogens with zero attached hydrogens (tertiary/aromatic N) is 1. The topological polar surface area (TPSA) is 66.8 Å². The van der Waals surface area contributed by atoms with Crippen LogP contribution >= 0.6 is 0 Å². The molecule has 0 bridgehead atoms. The summed E-state index contributed by atoms with van der Waals surface area (Å²) in [6, 6.07) is 7.72. The molecule has 1 aromatic carbocycles. The van der Waals surface area contributed by atoms with E-state index in [9.17, 15) is 14.7 Å². The molecule has 0 aromatic heterocycles. The van der Waals surface area contributed by atoms with E-state index in [0.717, 1.165) is 17.7 Å². The number of hydrogen-bond acceptors (Lipinski definition) is 3. The molecule has 1 aromatic rings. The molecule has 1 aliphatic rings. The van der Waals surface area contributed by atoms with Crippen molar-refractivity contribution < 1.29 is 19.4 Å². The highest BCUT2D eigenvalue weighted by Crippen LogP contribution is 2.44. The van der Waals surface area contributed by atoms with Crippen LogP contribution in [0.4, 0.5) is 0 Å². The molecular formula is C17H23NO4. The van der Waals surface area contributed by atoms with Crippen LogP contribution in [0.15, 0.2) is 24.3 Å². The van der Waals surface area contributed by atoms with Crippen molar-refractivity contribution in [3.05, 3.63) is 29.8 Å². The summed E-state index contributed by atoms with van der Waals surface area (Å²) in [6.45, 7) is 2.81. The number of ether oxygens (including phenoxy) is 1. The molecule has 0 saturated heterocycles. The van der Waals surface area contributed by atoms with Gasteiger partial charge in [-0.1, -0.05) is 24.6 Å². The summed E-state index contributed by atoms with van der Waals surface area (Å²) in [7, 11) is 1.69. The average molecular weight is 305 g/mol. The number of likely N-dealkylation sites (N-methyl/N-ethyl adjacent to an activating group) is 1. The Hall–Kier alpha value is -2.04. The molecule has 5 heteroatoms. The maximum atomic E-state index is 12.2. The minimum atomic E-state index is -0.850. The molecule has 0 spiro atoms. The van der Waals surface area contributed by atoms with Gasteiger partial charge in [0.1, 0.15) is 12.4 Å². The van der Waals surface area contributed by atoms with Crippen LogP contribution in [0.5, 0.6) is 5.75 Å². The summed E-state index contributed by atoms with van der Waals surface area (Å²) in [5.41, 5.74) is 0.221. The summed E-state index contributed by atoms with van der Waals surface area (Å²) < 4.78 is 5.67. The quantitative estimate of drug-likeness (QED) is 0.840. The predicted octanol–water partition coefficient (Wildman–Crippen LogP) is 2.48. The smallest absolute Gasteiger partial charge is 0.310 e. The Morgan fingerprint density at radius 3 is 2.55 bits per heavy atom. The lowest BCUT2D eigenvalue weighted by atomic mass is 9.66. The summed E-state index contributed by atoms with van der Waals surface area (Å²) in [5, 5.41) is 9.27. The van der Waals surface area contributed by atoms with Crippen LogP contribution in [0.3, 0.4) is 0 Å². The van der Waals surface area contributed by atoms with Gasteiger partial charge in [0.15, 0.2) is 0 Å². The number of amides is 1. The van der Waals surface area contributed by atoms with E-state index in [-0.39, 0.29) is 12.3 Å². The first-order chi connectivity index (χ1) is 10.4. The SMILES string of the molecule is Cc1ccccc1OCCN(C)C(=O)CC1(C(=O)O)CCC1. The maximum Gasteiger partial charge on any atom is 0.310 e. The molecule has 1 saturated carbocycles. The summed E-state index contributed by atoms with van der Waals surface area (Å²) >= 11 is 0. The number of aliphatic carboxylic acids is 1. The zero-order valence-electron chi connectivity index (χ0n) is 13.2. The molecule has 0 atom stereocenters. The van der Waals surface area contributed by atoms with Gasteiger partial charge in [0.05, 0.1) is 12.0 Å². The average Bonchev–Trinajstić information content (AvgIpc) is 2.44. The molecule has 22 heavy (non-hydrogen) atoms. The first kappa shape index (κ1) is 16.3. The van der Waals surface area contributed by atoms with E-state index in [2.05, 4.69) is 0 Å². The van der Waals surface area contributed by atoms with Gasteiger partial charge in [-0.15, -0.1) is 0 Å². The lowest BCUT2D eigenvalue weighted by Gasteiger charge is -2.37. The van der Waals surface area contributed by atoms with Gasteiger partial charge in [-0.3, -0.25) is 9.59 Å². The van der Waals surface area contributed by atoms with E-state index in [1.807, 2.05) is 31.2 Å². The standard InChI is InChI=1S/C17H23NO4/c1-13-6-3-4-7-14(13)22-11-10-18(2)15(19)12-17(16(20)21)8-5-9-17/h3-4,6-7H,5,8-12H2,1-2H3,(H,20,21). The van der Waals surface area contributed by atoms with Gasteiger partial charge in [-0.2, -0.15) is 0 Å². The molecule has 5 nitrogen and oxygen atoms in total. The van der Waals surface area contributed by atoms with E-state index in [0.29, 0.717) is 26.0 Å². The number of carboxylic acid groups (broad SMARTS) is 1. The van der Waals surface area contributed by atoms with Gasteiger partial charge in [-0.05, 0) is 31.4 Å². The highest BCUT2D eigenvalue weighted by molar-refractivity contribution is 5.85. The number of benzene rings is 1. The number of para-hydroxylation sites is 1. The number of aryl methyl sites for hydroxylation is 1. The number of carbonyl (C=O) groups excluding carboxylic acids is 1. The van der Waals surface area contributed by atoms with Gasteiger partial charge in [0.2, 0.25) is 5.91 Å². The van der Waals surface area contributed by atoms with Crippen molar-refractivity contribution in [2.45, 2.75) is 32.6 Å².